The Morgan fingerprint density at radius 1 is 1.12 bits per heavy atom. The third kappa shape index (κ3) is 4.06. The number of benzene rings is 1. The molecule has 1 aromatic heterocycles. The van der Waals surface area contributed by atoms with Gasteiger partial charge in [-0.3, -0.25) is 9.78 Å². The molecule has 7 heteroatoms. The van der Waals surface area contributed by atoms with E-state index in [9.17, 15) is 14.7 Å². The minimum absolute atomic E-state index is 0.0266. The number of pyridine rings is 1. The highest BCUT2D eigenvalue weighted by Gasteiger charge is 2.18. The van der Waals surface area contributed by atoms with Gasteiger partial charge >= 0.3 is 5.97 Å². The third-order valence-corrected chi connectivity index (χ3v) is 3.61. The van der Waals surface area contributed by atoms with E-state index in [1.165, 1.54) is 32.5 Å². The first kappa shape index (κ1) is 18.3. The number of aromatic nitrogens is 1. The van der Waals surface area contributed by atoms with Crippen molar-refractivity contribution in [2.24, 2.45) is 0 Å². The maximum absolute atomic E-state index is 12.4. The molecule has 25 heavy (non-hydrogen) atoms. The molecule has 0 unspecified atom stereocenters. The van der Waals surface area contributed by atoms with E-state index in [-0.39, 0.29) is 28.7 Å². The van der Waals surface area contributed by atoms with Gasteiger partial charge in [-0.2, -0.15) is 0 Å². The van der Waals surface area contributed by atoms with Crippen molar-refractivity contribution >= 4 is 17.6 Å². The molecule has 0 radical (unpaired) electrons. The summed E-state index contributed by atoms with van der Waals surface area (Å²) in [7, 11) is 2.80. The molecule has 0 bridgehead atoms. The van der Waals surface area contributed by atoms with E-state index in [1.807, 2.05) is 13.8 Å². The van der Waals surface area contributed by atoms with Crippen LogP contribution in [0.1, 0.15) is 46.2 Å². The minimum Gasteiger partial charge on any atom is -0.493 e. The van der Waals surface area contributed by atoms with Gasteiger partial charge in [-0.1, -0.05) is 13.8 Å². The van der Waals surface area contributed by atoms with Gasteiger partial charge in [-0.25, -0.2) is 4.79 Å². The second-order valence-electron chi connectivity index (χ2n) is 5.65. The van der Waals surface area contributed by atoms with Gasteiger partial charge in [0, 0.05) is 11.9 Å². The summed E-state index contributed by atoms with van der Waals surface area (Å²) in [5.41, 5.74) is 1.41. The molecule has 132 valence electrons. The molecule has 0 spiro atoms. The molecule has 7 nitrogen and oxygen atoms in total. The molecule has 0 fully saturated rings. The van der Waals surface area contributed by atoms with Crippen LogP contribution in [0.25, 0.3) is 0 Å². The number of rotatable bonds is 6. The summed E-state index contributed by atoms with van der Waals surface area (Å²) in [4.78, 5) is 28.0. The Labute approximate surface area is 145 Å². The van der Waals surface area contributed by atoms with Crippen molar-refractivity contribution < 1.29 is 24.2 Å². The number of carboxylic acid groups (broad SMARTS) is 1. The minimum atomic E-state index is -1.14. The van der Waals surface area contributed by atoms with Crippen molar-refractivity contribution in [2.75, 3.05) is 19.5 Å². The number of hydrogen-bond acceptors (Lipinski definition) is 5. The number of nitrogens with one attached hydrogen (secondary N) is 1. The second kappa shape index (κ2) is 7.65. The summed E-state index contributed by atoms with van der Waals surface area (Å²) in [6.45, 7) is 4.02. The molecule has 0 aliphatic carbocycles. The highest BCUT2D eigenvalue weighted by atomic mass is 16.5. The lowest BCUT2D eigenvalue weighted by Gasteiger charge is -2.15. The van der Waals surface area contributed by atoms with Crippen LogP contribution in [-0.2, 0) is 0 Å². The van der Waals surface area contributed by atoms with Gasteiger partial charge in [-0.15, -0.1) is 0 Å². The van der Waals surface area contributed by atoms with Crippen molar-refractivity contribution in [3.63, 3.8) is 0 Å². The molecule has 0 atom stereocenters. The SMILES string of the molecule is COc1cc(C(=O)O)cc(NC(=O)c2ccc(C(C)C)nc2)c1OC. The topological polar surface area (TPSA) is 97.8 Å². The fraction of sp³-hybridized carbons (Fsp3) is 0.278. The Morgan fingerprint density at radius 2 is 1.84 bits per heavy atom. The molecule has 2 N–H and O–H groups in total. The van der Waals surface area contributed by atoms with Gasteiger partial charge in [-0.05, 0) is 30.2 Å². The summed E-state index contributed by atoms with van der Waals surface area (Å²) < 4.78 is 10.4. The Bertz CT molecular complexity index is 785. The maximum Gasteiger partial charge on any atom is 0.335 e. The van der Waals surface area contributed by atoms with E-state index in [1.54, 1.807) is 12.1 Å². The van der Waals surface area contributed by atoms with Crippen molar-refractivity contribution in [1.29, 1.82) is 0 Å². The van der Waals surface area contributed by atoms with Crippen molar-refractivity contribution in [3.8, 4) is 11.5 Å². The fourth-order valence-corrected chi connectivity index (χ4v) is 2.26. The third-order valence-electron chi connectivity index (χ3n) is 3.61. The summed E-state index contributed by atoms with van der Waals surface area (Å²) in [5, 5.41) is 11.9. The number of aromatic carboxylic acids is 1. The first-order chi connectivity index (χ1) is 11.9. The molecular weight excluding hydrogens is 324 g/mol. The number of carboxylic acids is 1. The van der Waals surface area contributed by atoms with E-state index in [0.717, 1.165) is 5.69 Å². The van der Waals surface area contributed by atoms with Crippen LogP contribution in [0.4, 0.5) is 5.69 Å². The summed E-state index contributed by atoms with van der Waals surface area (Å²) >= 11 is 0. The zero-order valence-corrected chi connectivity index (χ0v) is 14.5. The first-order valence-electron chi connectivity index (χ1n) is 7.64. The van der Waals surface area contributed by atoms with E-state index in [2.05, 4.69) is 10.3 Å². The van der Waals surface area contributed by atoms with Gasteiger partial charge in [0.2, 0.25) is 0 Å². The monoisotopic (exact) mass is 344 g/mol. The lowest BCUT2D eigenvalue weighted by atomic mass is 10.1. The number of hydrogen-bond donors (Lipinski definition) is 2. The van der Waals surface area contributed by atoms with Crippen LogP contribution in [0.15, 0.2) is 30.5 Å². The van der Waals surface area contributed by atoms with E-state index in [4.69, 9.17) is 9.47 Å². The molecule has 2 rings (SSSR count). The molecule has 0 saturated heterocycles. The molecule has 2 aromatic rings. The van der Waals surface area contributed by atoms with Gasteiger partial charge in [0.25, 0.3) is 5.91 Å². The molecule has 0 aliphatic rings. The van der Waals surface area contributed by atoms with Crippen molar-refractivity contribution in [3.05, 3.63) is 47.3 Å². The Balaban J connectivity index is 2.36. The lowest BCUT2D eigenvalue weighted by Crippen LogP contribution is -2.14. The van der Waals surface area contributed by atoms with Crippen LogP contribution >= 0.6 is 0 Å². The lowest BCUT2D eigenvalue weighted by molar-refractivity contribution is 0.0696. The number of anilines is 1. The zero-order valence-electron chi connectivity index (χ0n) is 14.5. The normalized spacial score (nSPS) is 10.4. The largest absolute Gasteiger partial charge is 0.493 e. The van der Waals surface area contributed by atoms with Crippen molar-refractivity contribution in [2.45, 2.75) is 19.8 Å². The first-order valence-corrected chi connectivity index (χ1v) is 7.64. The number of carbonyl (C=O) groups excluding carboxylic acids is 1. The second-order valence-corrected chi connectivity index (χ2v) is 5.65. The van der Waals surface area contributed by atoms with Crippen LogP contribution in [0, 0.1) is 0 Å². The maximum atomic E-state index is 12.4. The summed E-state index contributed by atoms with van der Waals surface area (Å²) in [5.74, 6) is -0.850. The Kier molecular flexibility index (Phi) is 5.59. The smallest absolute Gasteiger partial charge is 0.335 e. The van der Waals surface area contributed by atoms with E-state index < -0.39 is 11.9 Å². The predicted molar refractivity (Wildman–Crippen MR) is 92.8 cm³/mol. The van der Waals surface area contributed by atoms with E-state index >= 15 is 0 Å². The molecule has 0 aliphatic heterocycles. The number of amides is 1. The standard InChI is InChI=1S/C18H20N2O5/c1-10(2)13-6-5-11(9-19-13)17(21)20-14-7-12(18(22)23)8-15(24-3)16(14)25-4/h5-10H,1-4H3,(H,20,21)(H,22,23). The number of carbonyl (C=O) groups is 2. The van der Waals surface area contributed by atoms with Crippen LogP contribution < -0.4 is 14.8 Å². The Hall–Kier alpha value is -3.09. The molecular formula is C18H20N2O5. The summed E-state index contributed by atoms with van der Waals surface area (Å²) in [6.07, 6.45) is 1.48. The fourth-order valence-electron chi connectivity index (χ4n) is 2.26. The van der Waals surface area contributed by atoms with Crippen LogP contribution in [-0.4, -0.2) is 36.2 Å². The highest BCUT2D eigenvalue weighted by Crippen LogP contribution is 2.36. The molecule has 0 saturated carbocycles. The average molecular weight is 344 g/mol. The summed E-state index contributed by atoms with van der Waals surface area (Å²) in [6, 6.07) is 6.10. The quantitative estimate of drug-likeness (QED) is 0.835. The number of nitrogens with zero attached hydrogens (tertiary/aromatic N) is 1. The average Bonchev–Trinajstić information content (AvgIpc) is 2.60. The van der Waals surface area contributed by atoms with Gasteiger partial charge < -0.3 is 19.9 Å². The highest BCUT2D eigenvalue weighted by molar-refractivity contribution is 6.06. The number of methoxy groups -OCH3 is 2. The molecule has 1 amide bonds. The molecule has 1 heterocycles. The number of ether oxygens (including phenoxy) is 2. The van der Waals surface area contributed by atoms with Gasteiger partial charge in [0.05, 0.1) is 31.0 Å². The Morgan fingerprint density at radius 3 is 2.32 bits per heavy atom. The van der Waals surface area contributed by atoms with Crippen LogP contribution in [0.2, 0.25) is 0 Å². The van der Waals surface area contributed by atoms with Gasteiger partial charge in [0.1, 0.15) is 0 Å². The predicted octanol–water partition coefficient (Wildman–Crippen LogP) is 3.17. The van der Waals surface area contributed by atoms with E-state index in [0.29, 0.717) is 5.56 Å². The zero-order chi connectivity index (χ0) is 18.6. The van der Waals surface area contributed by atoms with Crippen LogP contribution in [0.3, 0.4) is 0 Å². The van der Waals surface area contributed by atoms with Crippen molar-refractivity contribution in [1.82, 2.24) is 4.98 Å². The molecule has 1 aromatic carbocycles. The van der Waals surface area contributed by atoms with Gasteiger partial charge in [0.15, 0.2) is 11.5 Å². The van der Waals surface area contributed by atoms with Crippen LogP contribution in [0.5, 0.6) is 11.5 Å².